The maximum atomic E-state index is 12.8. The summed E-state index contributed by atoms with van der Waals surface area (Å²) in [5.41, 5.74) is 0.0569. The summed E-state index contributed by atoms with van der Waals surface area (Å²) in [5, 5.41) is 0. The van der Waals surface area contributed by atoms with Gasteiger partial charge in [-0.2, -0.15) is 13.2 Å². The summed E-state index contributed by atoms with van der Waals surface area (Å²) < 4.78 is 56.6. The van der Waals surface area contributed by atoms with Gasteiger partial charge in [0.05, 0.1) is 21.6 Å². The Morgan fingerprint density at radius 1 is 0.875 bits per heavy atom. The topological polar surface area (TPSA) is 44.8 Å². The van der Waals surface area contributed by atoms with Crippen LogP contribution in [0, 0.1) is 0 Å². The standard InChI is InChI=1S/C23H17Br2F3O4/c1-13(29)9-14-10-18(24)22(19(25)11-14)32-17-7-8-20(30-2)21(12-17)31-16-5-3-15(4-6-16)23(26,27)28/h3-8,10-12H,9H2,1-2H3. The zero-order valence-electron chi connectivity index (χ0n) is 16.9. The lowest BCUT2D eigenvalue weighted by Crippen LogP contribution is -2.04. The van der Waals surface area contributed by atoms with Gasteiger partial charge in [-0.15, -0.1) is 0 Å². The summed E-state index contributed by atoms with van der Waals surface area (Å²) in [5.74, 6) is 1.80. The van der Waals surface area contributed by atoms with Gasteiger partial charge in [-0.3, -0.25) is 4.79 Å². The second-order valence-electron chi connectivity index (χ2n) is 6.81. The molecule has 0 aliphatic heterocycles. The van der Waals surface area contributed by atoms with Crippen molar-refractivity contribution in [3.8, 4) is 28.7 Å². The highest BCUT2D eigenvalue weighted by atomic mass is 79.9. The molecule has 168 valence electrons. The van der Waals surface area contributed by atoms with Crippen LogP contribution in [0.15, 0.2) is 63.5 Å². The van der Waals surface area contributed by atoms with Gasteiger partial charge in [0, 0.05) is 12.5 Å². The molecule has 0 saturated carbocycles. The molecular weight excluding hydrogens is 557 g/mol. The van der Waals surface area contributed by atoms with Gasteiger partial charge < -0.3 is 14.2 Å². The molecular formula is C23H17Br2F3O4. The van der Waals surface area contributed by atoms with E-state index in [0.29, 0.717) is 32.6 Å². The van der Waals surface area contributed by atoms with Crippen molar-refractivity contribution in [2.24, 2.45) is 0 Å². The molecule has 0 N–H and O–H groups in total. The fourth-order valence-corrected chi connectivity index (χ4v) is 4.30. The number of ketones is 1. The minimum absolute atomic E-state index is 0.0395. The van der Waals surface area contributed by atoms with Crippen LogP contribution >= 0.6 is 31.9 Å². The molecule has 0 aromatic heterocycles. The first-order valence-corrected chi connectivity index (χ1v) is 10.8. The van der Waals surface area contributed by atoms with Gasteiger partial charge in [-0.05, 0) is 92.9 Å². The van der Waals surface area contributed by atoms with Crippen molar-refractivity contribution >= 4 is 37.6 Å². The Bertz CT molecular complexity index is 1110. The van der Waals surface area contributed by atoms with Gasteiger partial charge in [-0.1, -0.05) is 0 Å². The molecule has 3 aromatic rings. The van der Waals surface area contributed by atoms with Gasteiger partial charge in [0.1, 0.15) is 17.3 Å². The van der Waals surface area contributed by atoms with Crippen LogP contribution in [0.3, 0.4) is 0 Å². The number of carbonyl (C=O) groups is 1. The minimum Gasteiger partial charge on any atom is -0.493 e. The number of ether oxygens (including phenoxy) is 3. The number of hydrogen-bond acceptors (Lipinski definition) is 4. The van der Waals surface area contributed by atoms with Crippen molar-refractivity contribution < 1.29 is 32.2 Å². The zero-order chi connectivity index (χ0) is 23.5. The van der Waals surface area contributed by atoms with Crippen LogP contribution in [0.5, 0.6) is 28.7 Å². The Morgan fingerprint density at radius 3 is 2.00 bits per heavy atom. The van der Waals surface area contributed by atoms with Crippen molar-refractivity contribution in [3.05, 3.63) is 74.7 Å². The van der Waals surface area contributed by atoms with E-state index in [9.17, 15) is 18.0 Å². The molecule has 0 amide bonds. The third kappa shape index (κ3) is 6.04. The number of methoxy groups -OCH3 is 1. The average molecular weight is 574 g/mol. The Balaban J connectivity index is 1.86. The van der Waals surface area contributed by atoms with E-state index in [1.165, 1.54) is 26.2 Å². The third-order valence-corrected chi connectivity index (χ3v) is 5.45. The average Bonchev–Trinajstić information content (AvgIpc) is 2.70. The molecule has 3 aromatic carbocycles. The van der Waals surface area contributed by atoms with E-state index in [1.807, 2.05) is 0 Å². The number of alkyl halides is 3. The number of hydrogen-bond donors (Lipinski definition) is 0. The molecule has 0 radical (unpaired) electrons. The highest BCUT2D eigenvalue weighted by Gasteiger charge is 2.30. The Kier molecular flexibility index (Phi) is 7.51. The van der Waals surface area contributed by atoms with E-state index in [1.54, 1.807) is 30.3 Å². The number of halogens is 5. The highest BCUT2D eigenvalue weighted by Crippen LogP contribution is 2.41. The molecule has 0 heterocycles. The maximum absolute atomic E-state index is 12.8. The molecule has 0 spiro atoms. The fourth-order valence-electron chi connectivity index (χ4n) is 2.86. The van der Waals surface area contributed by atoms with Gasteiger partial charge in [0.2, 0.25) is 0 Å². The second kappa shape index (κ2) is 9.95. The highest BCUT2D eigenvalue weighted by molar-refractivity contribution is 9.11. The van der Waals surface area contributed by atoms with Gasteiger partial charge in [-0.25, -0.2) is 0 Å². The normalized spacial score (nSPS) is 11.2. The predicted octanol–water partition coefficient (Wildman–Crippen LogP) is 7.96. The monoisotopic (exact) mass is 572 g/mol. The Labute approximate surface area is 199 Å². The van der Waals surface area contributed by atoms with Gasteiger partial charge in [0.15, 0.2) is 17.2 Å². The molecule has 9 heteroatoms. The Morgan fingerprint density at radius 2 is 1.47 bits per heavy atom. The predicted molar refractivity (Wildman–Crippen MR) is 121 cm³/mol. The molecule has 3 rings (SSSR count). The summed E-state index contributed by atoms with van der Waals surface area (Å²) in [6.07, 6.45) is -4.13. The van der Waals surface area contributed by atoms with E-state index in [-0.39, 0.29) is 17.3 Å². The molecule has 0 atom stereocenters. The number of Topliss-reactive ketones (excluding diaryl/α,β-unsaturated/α-hetero) is 1. The van der Waals surface area contributed by atoms with Crippen LogP contribution in [-0.4, -0.2) is 12.9 Å². The van der Waals surface area contributed by atoms with E-state index in [0.717, 1.165) is 17.7 Å². The zero-order valence-corrected chi connectivity index (χ0v) is 20.1. The molecule has 0 aliphatic rings. The lowest BCUT2D eigenvalue weighted by Gasteiger charge is -2.15. The van der Waals surface area contributed by atoms with Crippen LogP contribution in [0.25, 0.3) is 0 Å². The first-order valence-electron chi connectivity index (χ1n) is 9.25. The number of rotatable bonds is 7. The quantitative estimate of drug-likeness (QED) is 0.288. The third-order valence-electron chi connectivity index (χ3n) is 4.28. The number of benzene rings is 3. The smallest absolute Gasteiger partial charge is 0.416 e. The summed E-state index contributed by atoms with van der Waals surface area (Å²) in [6, 6.07) is 12.8. The summed E-state index contributed by atoms with van der Waals surface area (Å²) in [7, 11) is 1.45. The van der Waals surface area contributed by atoms with Crippen LogP contribution in [0.4, 0.5) is 13.2 Å². The van der Waals surface area contributed by atoms with Crippen LogP contribution in [0.2, 0.25) is 0 Å². The van der Waals surface area contributed by atoms with Gasteiger partial charge >= 0.3 is 6.18 Å². The van der Waals surface area contributed by atoms with E-state index >= 15 is 0 Å². The largest absolute Gasteiger partial charge is 0.493 e. The summed E-state index contributed by atoms with van der Waals surface area (Å²) in [6.45, 7) is 1.52. The van der Waals surface area contributed by atoms with Crippen LogP contribution in [-0.2, 0) is 17.4 Å². The molecule has 32 heavy (non-hydrogen) atoms. The molecule has 0 aliphatic carbocycles. The van der Waals surface area contributed by atoms with E-state index in [2.05, 4.69) is 31.9 Å². The van der Waals surface area contributed by atoms with Crippen LogP contribution in [0.1, 0.15) is 18.1 Å². The van der Waals surface area contributed by atoms with Crippen molar-refractivity contribution in [2.75, 3.05) is 7.11 Å². The Hall–Kier alpha value is -2.52. The van der Waals surface area contributed by atoms with Crippen molar-refractivity contribution in [3.63, 3.8) is 0 Å². The van der Waals surface area contributed by atoms with Gasteiger partial charge in [0.25, 0.3) is 0 Å². The summed E-state index contributed by atoms with van der Waals surface area (Å²) in [4.78, 5) is 11.4. The molecule has 0 fully saturated rings. The van der Waals surface area contributed by atoms with E-state index in [4.69, 9.17) is 14.2 Å². The molecule has 4 nitrogen and oxygen atoms in total. The lowest BCUT2D eigenvalue weighted by molar-refractivity contribution is -0.137. The SMILES string of the molecule is COc1ccc(Oc2c(Br)cc(CC(C)=O)cc2Br)cc1Oc1ccc(C(F)(F)F)cc1. The second-order valence-corrected chi connectivity index (χ2v) is 8.51. The van der Waals surface area contributed by atoms with Crippen molar-refractivity contribution in [2.45, 2.75) is 19.5 Å². The molecule has 0 saturated heterocycles. The fraction of sp³-hybridized carbons (Fsp3) is 0.174. The first-order chi connectivity index (χ1) is 15.1. The number of carbonyl (C=O) groups excluding carboxylic acids is 1. The van der Waals surface area contributed by atoms with Crippen molar-refractivity contribution in [1.29, 1.82) is 0 Å². The van der Waals surface area contributed by atoms with E-state index < -0.39 is 11.7 Å². The summed E-state index contributed by atoms with van der Waals surface area (Å²) >= 11 is 6.91. The maximum Gasteiger partial charge on any atom is 0.416 e. The van der Waals surface area contributed by atoms with Crippen molar-refractivity contribution in [1.82, 2.24) is 0 Å². The molecule has 0 unspecified atom stereocenters. The molecule has 0 bridgehead atoms. The first kappa shape index (κ1) is 24.1. The van der Waals surface area contributed by atoms with Crippen LogP contribution < -0.4 is 14.2 Å². The minimum atomic E-state index is -4.43. The lowest BCUT2D eigenvalue weighted by atomic mass is 10.1.